The minimum Gasteiger partial charge on any atom is -0.248 e. The summed E-state index contributed by atoms with van der Waals surface area (Å²) in [6.07, 6.45) is 10.6. The second-order valence-electron chi connectivity index (χ2n) is 7.18. The van der Waals surface area contributed by atoms with Gasteiger partial charge in [0.1, 0.15) is 0 Å². The van der Waals surface area contributed by atoms with Gasteiger partial charge in [-0.25, -0.2) is 14.4 Å². The molecule has 2 aromatic carbocycles. The first-order chi connectivity index (χ1) is 13.2. The van der Waals surface area contributed by atoms with Crippen molar-refractivity contribution in [2.24, 2.45) is 0 Å². The fourth-order valence-electron chi connectivity index (χ4n) is 3.29. The quantitative estimate of drug-likeness (QED) is 0.321. The van der Waals surface area contributed by atoms with Crippen molar-refractivity contribution in [2.45, 2.75) is 51.6 Å². The molecule has 27 heavy (non-hydrogen) atoms. The molecule has 0 saturated heterocycles. The van der Waals surface area contributed by atoms with Gasteiger partial charge in [0.15, 0.2) is 5.82 Å². The summed E-state index contributed by atoms with van der Waals surface area (Å²) < 4.78 is 12.8. The van der Waals surface area contributed by atoms with Gasteiger partial charge in [0, 0.05) is 18.0 Å². The largest absolute Gasteiger partial charge is 0.248 e. The molecule has 1 heterocycles. The molecule has 140 valence electrons. The van der Waals surface area contributed by atoms with Crippen molar-refractivity contribution in [3.63, 3.8) is 0 Å². The molecule has 2 nitrogen and oxygen atoms in total. The van der Waals surface area contributed by atoms with E-state index < -0.39 is 6.17 Å². The maximum Gasteiger partial charge on any atom is 0.159 e. The van der Waals surface area contributed by atoms with Crippen LogP contribution in [0.1, 0.15) is 43.7 Å². The lowest BCUT2D eigenvalue weighted by atomic mass is 10.0. The number of fused-ring (bicyclic) bond motifs is 1. The van der Waals surface area contributed by atoms with Gasteiger partial charge in [0.2, 0.25) is 0 Å². The number of rotatable bonds is 9. The van der Waals surface area contributed by atoms with E-state index in [-0.39, 0.29) is 0 Å². The third-order valence-electron chi connectivity index (χ3n) is 4.82. The van der Waals surface area contributed by atoms with Crippen molar-refractivity contribution in [1.82, 2.24) is 9.97 Å². The monoisotopic (exact) mass is 362 g/mol. The van der Waals surface area contributed by atoms with Gasteiger partial charge in [-0.15, -0.1) is 6.58 Å². The molecule has 0 radical (unpaired) electrons. The van der Waals surface area contributed by atoms with Gasteiger partial charge in [-0.05, 0) is 60.6 Å². The van der Waals surface area contributed by atoms with Crippen LogP contribution in [0.15, 0.2) is 61.4 Å². The van der Waals surface area contributed by atoms with E-state index >= 15 is 0 Å². The van der Waals surface area contributed by atoms with E-state index in [0.29, 0.717) is 6.42 Å². The van der Waals surface area contributed by atoms with Crippen LogP contribution in [-0.2, 0) is 12.8 Å². The minimum absolute atomic E-state index is 0.659. The Morgan fingerprint density at radius 3 is 2.44 bits per heavy atom. The van der Waals surface area contributed by atoms with Gasteiger partial charge in [-0.1, -0.05) is 49.2 Å². The molecule has 0 aliphatic carbocycles. The fraction of sp³-hybridized carbons (Fsp3) is 0.333. The molecule has 3 aromatic rings. The molecule has 0 aliphatic rings. The number of alkyl halides is 1. The van der Waals surface area contributed by atoms with E-state index in [4.69, 9.17) is 0 Å². The molecular formula is C24H27FN2. The Kier molecular flexibility index (Phi) is 6.69. The van der Waals surface area contributed by atoms with Crippen molar-refractivity contribution in [3.05, 3.63) is 72.6 Å². The van der Waals surface area contributed by atoms with Crippen LogP contribution in [0, 0.1) is 0 Å². The number of aryl methyl sites for hydroxylation is 1. The van der Waals surface area contributed by atoms with Gasteiger partial charge in [0.05, 0.1) is 6.17 Å². The third kappa shape index (κ3) is 5.46. The summed E-state index contributed by atoms with van der Waals surface area (Å²) in [5.74, 6) is 0.752. The Bertz CT molecular complexity index is 885. The molecule has 0 amide bonds. The summed E-state index contributed by atoms with van der Waals surface area (Å²) in [6, 6.07) is 12.8. The average Bonchev–Trinajstić information content (AvgIpc) is 2.68. The molecule has 1 aromatic heterocycles. The predicted molar refractivity (Wildman–Crippen MR) is 112 cm³/mol. The van der Waals surface area contributed by atoms with Gasteiger partial charge >= 0.3 is 0 Å². The van der Waals surface area contributed by atoms with Crippen LogP contribution in [0.25, 0.3) is 22.2 Å². The van der Waals surface area contributed by atoms with Crippen molar-refractivity contribution in [1.29, 1.82) is 0 Å². The van der Waals surface area contributed by atoms with E-state index in [1.165, 1.54) is 16.3 Å². The highest BCUT2D eigenvalue weighted by Crippen LogP contribution is 2.23. The second kappa shape index (κ2) is 9.40. The Labute approximate surface area is 161 Å². The lowest BCUT2D eigenvalue weighted by Gasteiger charge is -2.06. The number of halogens is 1. The van der Waals surface area contributed by atoms with Crippen molar-refractivity contribution >= 4 is 10.8 Å². The Hall–Kier alpha value is -2.55. The summed E-state index contributed by atoms with van der Waals surface area (Å²) in [6.45, 7) is 5.42. The SMILES string of the molecule is C=CCc1ccc2cc(-c3ncc(CCCCCC(C)F)cn3)ccc2c1. The highest BCUT2D eigenvalue weighted by molar-refractivity contribution is 5.87. The lowest BCUT2D eigenvalue weighted by Crippen LogP contribution is -1.95. The van der Waals surface area contributed by atoms with E-state index in [0.717, 1.165) is 49.1 Å². The minimum atomic E-state index is -0.692. The Morgan fingerprint density at radius 1 is 0.963 bits per heavy atom. The van der Waals surface area contributed by atoms with Crippen LogP contribution in [0.4, 0.5) is 4.39 Å². The zero-order chi connectivity index (χ0) is 19.1. The molecule has 3 heteroatoms. The molecule has 0 saturated carbocycles. The van der Waals surface area contributed by atoms with Crippen LogP contribution >= 0.6 is 0 Å². The molecule has 1 unspecified atom stereocenters. The van der Waals surface area contributed by atoms with Crippen molar-refractivity contribution in [2.75, 3.05) is 0 Å². The molecule has 0 bridgehead atoms. The summed E-state index contributed by atoms with van der Waals surface area (Å²) in [7, 11) is 0. The summed E-state index contributed by atoms with van der Waals surface area (Å²) in [4.78, 5) is 9.09. The maximum absolute atomic E-state index is 12.8. The molecule has 1 atom stereocenters. The Morgan fingerprint density at radius 2 is 1.70 bits per heavy atom. The van der Waals surface area contributed by atoms with Crippen molar-refractivity contribution in [3.8, 4) is 11.4 Å². The van der Waals surface area contributed by atoms with Crippen LogP contribution in [-0.4, -0.2) is 16.1 Å². The van der Waals surface area contributed by atoms with Crippen LogP contribution in [0.2, 0.25) is 0 Å². The number of hydrogen-bond donors (Lipinski definition) is 0. The van der Waals surface area contributed by atoms with Crippen LogP contribution in [0.5, 0.6) is 0 Å². The summed E-state index contributed by atoms with van der Waals surface area (Å²) >= 11 is 0. The topological polar surface area (TPSA) is 25.8 Å². The number of unbranched alkanes of at least 4 members (excludes halogenated alkanes) is 2. The molecule has 3 rings (SSSR count). The highest BCUT2D eigenvalue weighted by Gasteiger charge is 2.04. The lowest BCUT2D eigenvalue weighted by molar-refractivity contribution is 0.330. The first-order valence-corrected chi connectivity index (χ1v) is 9.74. The van der Waals surface area contributed by atoms with Gasteiger partial charge in [-0.3, -0.25) is 0 Å². The molecule has 0 N–H and O–H groups in total. The molecule has 0 spiro atoms. The standard InChI is InChI=1S/C24H27FN2/c1-3-7-19-10-11-22-15-23(13-12-21(22)14-19)24-26-16-20(17-27-24)9-6-4-5-8-18(2)25/h3,10-18H,1,4-9H2,2H3. The highest BCUT2D eigenvalue weighted by atomic mass is 19.1. The zero-order valence-electron chi connectivity index (χ0n) is 16.0. The molecule has 0 aliphatic heterocycles. The van der Waals surface area contributed by atoms with Crippen LogP contribution < -0.4 is 0 Å². The van der Waals surface area contributed by atoms with E-state index in [1.54, 1.807) is 6.92 Å². The summed E-state index contributed by atoms with van der Waals surface area (Å²) in [5.41, 5.74) is 3.44. The van der Waals surface area contributed by atoms with Crippen molar-refractivity contribution < 1.29 is 4.39 Å². The first kappa shape index (κ1) is 19.2. The number of nitrogens with zero attached hydrogens (tertiary/aromatic N) is 2. The van der Waals surface area contributed by atoms with E-state index in [2.05, 4.69) is 52.9 Å². The number of hydrogen-bond acceptors (Lipinski definition) is 2. The van der Waals surface area contributed by atoms with E-state index in [1.807, 2.05) is 18.5 Å². The normalized spacial score (nSPS) is 12.2. The fourth-order valence-corrected chi connectivity index (χ4v) is 3.29. The van der Waals surface area contributed by atoms with Crippen LogP contribution in [0.3, 0.4) is 0 Å². The van der Waals surface area contributed by atoms with Gasteiger partial charge < -0.3 is 0 Å². The molecule has 0 fully saturated rings. The number of benzene rings is 2. The summed E-state index contributed by atoms with van der Waals surface area (Å²) in [5, 5.41) is 2.41. The average molecular weight is 362 g/mol. The van der Waals surface area contributed by atoms with Gasteiger partial charge in [-0.2, -0.15) is 0 Å². The zero-order valence-corrected chi connectivity index (χ0v) is 16.0. The predicted octanol–water partition coefficient (Wildman–Crippen LogP) is 6.49. The Balaban J connectivity index is 1.64. The van der Waals surface area contributed by atoms with E-state index in [9.17, 15) is 4.39 Å². The molecular weight excluding hydrogens is 335 g/mol. The second-order valence-corrected chi connectivity index (χ2v) is 7.18. The number of aromatic nitrogens is 2. The third-order valence-corrected chi connectivity index (χ3v) is 4.82. The first-order valence-electron chi connectivity index (χ1n) is 9.74. The number of allylic oxidation sites excluding steroid dienone is 1. The maximum atomic E-state index is 12.8. The smallest absolute Gasteiger partial charge is 0.159 e. The van der Waals surface area contributed by atoms with Gasteiger partial charge in [0.25, 0.3) is 0 Å².